The summed E-state index contributed by atoms with van der Waals surface area (Å²) in [5.74, 6) is 0. The molecular formula is C17H27ClN2O. The highest BCUT2D eigenvalue weighted by Gasteiger charge is 2.20. The molecule has 1 aromatic carbocycles. The molecule has 2 rings (SSSR count). The Morgan fingerprint density at radius 3 is 2.90 bits per heavy atom. The van der Waals surface area contributed by atoms with E-state index in [4.69, 9.17) is 22.1 Å². The summed E-state index contributed by atoms with van der Waals surface area (Å²) >= 11 is 6.43. The summed E-state index contributed by atoms with van der Waals surface area (Å²) in [6.07, 6.45) is 4.49. The highest BCUT2D eigenvalue weighted by molar-refractivity contribution is 6.31. The maximum Gasteiger partial charge on any atom is 0.0750 e. The van der Waals surface area contributed by atoms with Crippen LogP contribution >= 0.6 is 11.6 Å². The Balaban J connectivity index is 2.05. The van der Waals surface area contributed by atoms with Crippen molar-refractivity contribution in [1.29, 1.82) is 0 Å². The largest absolute Gasteiger partial charge is 0.377 e. The van der Waals surface area contributed by atoms with E-state index < -0.39 is 0 Å². The van der Waals surface area contributed by atoms with Crippen LogP contribution in [0, 0.1) is 0 Å². The lowest BCUT2D eigenvalue weighted by atomic mass is 10.0. The Labute approximate surface area is 133 Å². The first-order valence-electron chi connectivity index (χ1n) is 8.04. The molecule has 0 bridgehead atoms. The van der Waals surface area contributed by atoms with Gasteiger partial charge in [-0.15, -0.1) is 0 Å². The van der Waals surface area contributed by atoms with Gasteiger partial charge in [0, 0.05) is 36.4 Å². The molecule has 118 valence electrons. The fourth-order valence-corrected chi connectivity index (χ4v) is 3.12. The van der Waals surface area contributed by atoms with Crippen LogP contribution in [0.2, 0.25) is 5.02 Å². The van der Waals surface area contributed by atoms with Crippen LogP contribution in [0.15, 0.2) is 18.2 Å². The molecule has 2 atom stereocenters. The Bertz CT molecular complexity index is 450. The zero-order valence-corrected chi connectivity index (χ0v) is 13.9. The molecular weight excluding hydrogens is 284 g/mol. The first-order chi connectivity index (χ1) is 10.1. The van der Waals surface area contributed by atoms with E-state index in [1.807, 2.05) is 0 Å². The fraction of sp³-hybridized carbons (Fsp3) is 0.647. The van der Waals surface area contributed by atoms with Crippen LogP contribution in [-0.2, 0) is 11.2 Å². The number of nitrogens with zero attached hydrogens (tertiary/aromatic N) is 1. The van der Waals surface area contributed by atoms with Crippen LogP contribution in [0.4, 0.5) is 5.69 Å². The highest BCUT2D eigenvalue weighted by atomic mass is 35.5. The Morgan fingerprint density at radius 1 is 1.43 bits per heavy atom. The van der Waals surface area contributed by atoms with E-state index in [-0.39, 0.29) is 6.04 Å². The number of piperidine rings is 1. The van der Waals surface area contributed by atoms with Gasteiger partial charge in [0.15, 0.2) is 0 Å². The van der Waals surface area contributed by atoms with Crippen molar-refractivity contribution >= 4 is 17.3 Å². The second-order valence-electron chi connectivity index (χ2n) is 5.81. The molecule has 0 amide bonds. The van der Waals surface area contributed by atoms with E-state index in [2.05, 4.69) is 36.9 Å². The van der Waals surface area contributed by atoms with Crippen molar-refractivity contribution in [3.8, 4) is 0 Å². The van der Waals surface area contributed by atoms with Crippen LogP contribution in [0.5, 0.6) is 0 Å². The van der Waals surface area contributed by atoms with Gasteiger partial charge in [0.25, 0.3) is 0 Å². The van der Waals surface area contributed by atoms with Gasteiger partial charge in [0.1, 0.15) is 0 Å². The van der Waals surface area contributed by atoms with Gasteiger partial charge in [-0.25, -0.2) is 0 Å². The van der Waals surface area contributed by atoms with Crippen molar-refractivity contribution in [2.24, 2.45) is 5.73 Å². The summed E-state index contributed by atoms with van der Waals surface area (Å²) < 4.78 is 5.76. The normalized spacial score (nSPS) is 20.6. The van der Waals surface area contributed by atoms with Gasteiger partial charge >= 0.3 is 0 Å². The van der Waals surface area contributed by atoms with Gasteiger partial charge in [0.2, 0.25) is 0 Å². The van der Waals surface area contributed by atoms with E-state index in [9.17, 15) is 0 Å². The summed E-state index contributed by atoms with van der Waals surface area (Å²) in [5.41, 5.74) is 8.36. The third-order valence-electron chi connectivity index (χ3n) is 4.19. The second-order valence-corrected chi connectivity index (χ2v) is 6.22. The average Bonchev–Trinajstić information content (AvgIpc) is 2.49. The maximum atomic E-state index is 6.43. The number of rotatable bonds is 6. The van der Waals surface area contributed by atoms with Gasteiger partial charge in [0.05, 0.1) is 6.10 Å². The fourth-order valence-electron chi connectivity index (χ4n) is 2.87. The number of ether oxygens (including phenoxy) is 1. The first-order valence-corrected chi connectivity index (χ1v) is 8.42. The van der Waals surface area contributed by atoms with Crippen LogP contribution in [0.3, 0.4) is 0 Å². The molecule has 2 unspecified atom stereocenters. The summed E-state index contributed by atoms with van der Waals surface area (Å²) in [4.78, 5) is 2.37. The molecule has 1 fully saturated rings. The van der Waals surface area contributed by atoms with Gasteiger partial charge in [-0.2, -0.15) is 0 Å². The van der Waals surface area contributed by atoms with Crippen LogP contribution in [-0.4, -0.2) is 31.8 Å². The van der Waals surface area contributed by atoms with Gasteiger partial charge in [-0.1, -0.05) is 24.6 Å². The standard InChI is InChI=1S/C17H27ClN2O/c1-3-14(19)10-13-7-8-15(11-17(13)18)20-9-5-6-16(12-20)21-4-2/h7-8,11,14,16H,3-6,9-10,12,19H2,1-2H3. The SMILES string of the molecule is CCOC1CCCN(c2ccc(CC(N)CC)c(Cl)c2)C1. The van der Waals surface area contributed by atoms with E-state index in [0.717, 1.165) is 49.5 Å². The van der Waals surface area contributed by atoms with Crippen molar-refractivity contribution < 1.29 is 4.74 Å². The molecule has 21 heavy (non-hydrogen) atoms. The van der Waals surface area contributed by atoms with Crippen molar-refractivity contribution in [3.05, 3.63) is 28.8 Å². The number of halogens is 1. The molecule has 2 N–H and O–H groups in total. The molecule has 1 aromatic rings. The number of hydrogen-bond acceptors (Lipinski definition) is 3. The molecule has 1 aliphatic heterocycles. The molecule has 0 radical (unpaired) electrons. The third kappa shape index (κ3) is 4.60. The molecule has 0 aliphatic carbocycles. The van der Waals surface area contributed by atoms with E-state index in [0.29, 0.717) is 6.10 Å². The lowest BCUT2D eigenvalue weighted by molar-refractivity contribution is 0.0527. The van der Waals surface area contributed by atoms with Gasteiger partial charge in [-0.05, 0) is 50.3 Å². The lowest BCUT2D eigenvalue weighted by Crippen LogP contribution is -2.39. The van der Waals surface area contributed by atoms with E-state index >= 15 is 0 Å². The van der Waals surface area contributed by atoms with Crippen LogP contribution < -0.4 is 10.6 Å². The Hall–Kier alpha value is -0.770. The summed E-state index contributed by atoms with van der Waals surface area (Å²) in [5, 5.41) is 0.829. The Kier molecular flexibility index (Phi) is 6.34. The minimum absolute atomic E-state index is 0.186. The molecule has 4 heteroatoms. The number of hydrogen-bond donors (Lipinski definition) is 1. The zero-order chi connectivity index (χ0) is 15.2. The van der Waals surface area contributed by atoms with Crippen molar-refractivity contribution in [2.45, 2.75) is 51.7 Å². The minimum Gasteiger partial charge on any atom is -0.377 e. The zero-order valence-electron chi connectivity index (χ0n) is 13.1. The van der Waals surface area contributed by atoms with E-state index in [1.54, 1.807) is 0 Å². The number of anilines is 1. The summed E-state index contributed by atoms with van der Waals surface area (Å²) in [6, 6.07) is 6.55. The van der Waals surface area contributed by atoms with Crippen molar-refractivity contribution in [2.75, 3.05) is 24.6 Å². The molecule has 3 nitrogen and oxygen atoms in total. The van der Waals surface area contributed by atoms with Gasteiger partial charge in [-0.3, -0.25) is 0 Å². The quantitative estimate of drug-likeness (QED) is 0.872. The van der Waals surface area contributed by atoms with Crippen LogP contribution in [0.1, 0.15) is 38.7 Å². The molecule has 1 aliphatic rings. The first kappa shape index (κ1) is 16.6. The minimum atomic E-state index is 0.186. The smallest absolute Gasteiger partial charge is 0.0750 e. The number of benzene rings is 1. The third-order valence-corrected chi connectivity index (χ3v) is 4.54. The Morgan fingerprint density at radius 2 is 2.24 bits per heavy atom. The predicted molar refractivity (Wildman–Crippen MR) is 90.3 cm³/mol. The molecule has 1 saturated heterocycles. The van der Waals surface area contributed by atoms with Crippen LogP contribution in [0.25, 0.3) is 0 Å². The topological polar surface area (TPSA) is 38.5 Å². The second kappa shape index (κ2) is 8.02. The summed E-state index contributed by atoms with van der Waals surface area (Å²) in [6.45, 7) is 6.98. The van der Waals surface area contributed by atoms with Gasteiger partial charge < -0.3 is 15.4 Å². The lowest BCUT2D eigenvalue weighted by Gasteiger charge is -2.34. The molecule has 1 heterocycles. The molecule has 0 aromatic heterocycles. The van der Waals surface area contributed by atoms with Crippen molar-refractivity contribution in [3.63, 3.8) is 0 Å². The average molecular weight is 311 g/mol. The predicted octanol–water partition coefficient (Wildman–Crippen LogP) is 3.63. The molecule has 0 spiro atoms. The van der Waals surface area contributed by atoms with Crippen molar-refractivity contribution in [1.82, 2.24) is 0 Å². The number of nitrogens with two attached hydrogens (primary N) is 1. The monoisotopic (exact) mass is 310 g/mol. The van der Waals surface area contributed by atoms with E-state index in [1.165, 1.54) is 12.1 Å². The summed E-state index contributed by atoms with van der Waals surface area (Å²) in [7, 11) is 0. The maximum absolute atomic E-state index is 6.43. The molecule has 0 saturated carbocycles. The highest BCUT2D eigenvalue weighted by Crippen LogP contribution is 2.27.